The van der Waals surface area contributed by atoms with Gasteiger partial charge in [0.2, 0.25) is 5.88 Å². The molecule has 0 radical (unpaired) electrons. The summed E-state index contributed by atoms with van der Waals surface area (Å²) in [6.07, 6.45) is 2.06. The van der Waals surface area contributed by atoms with Gasteiger partial charge in [0.1, 0.15) is 22.9 Å². The van der Waals surface area contributed by atoms with Gasteiger partial charge in [-0.1, -0.05) is 0 Å². The first-order valence-corrected chi connectivity index (χ1v) is 9.79. The number of carbonyl (C=O) groups is 2. The van der Waals surface area contributed by atoms with E-state index in [1.54, 1.807) is 13.0 Å². The highest BCUT2D eigenvalue weighted by Gasteiger charge is 2.18. The number of benzene rings is 1. The highest BCUT2D eigenvalue weighted by atomic mass is 16.6. The molecule has 0 aliphatic heterocycles. The van der Waals surface area contributed by atoms with Gasteiger partial charge in [-0.25, -0.2) is 9.59 Å². The molecule has 10 nitrogen and oxygen atoms in total. The molecule has 33 heavy (non-hydrogen) atoms. The van der Waals surface area contributed by atoms with Crippen molar-refractivity contribution in [3.63, 3.8) is 0 Å². The Bertz CT molecular complexity index is 1400. The Labute approximate surface area is 186 Å². The number of rotatable bonds is 5. The molecule has 10 heteroatoms. The number of phenols is 1. The topological polar surface area (TPSA) is 141 Å². The smallest absolute Gasteiger partial charge is 0.412 e. The third-order valence-electron chi connectivity index (χ3n) is 4.44. The highest BCUT2D eigenvalue weighted by molar-refractivity contribution is 5.92. The molecule has 1 aromatic carbocycles. The number of fused-ring (bicyclic) bond motifs is 1. The van der Waals surface area contributed by atoms with E-state index >= 15 is 0 Å². The molecule has 4 aromatic rings. The van der Waals surface area contributed by atoms with Crippen molar-refractivity contribution in [1.29, 1.82) is 0 Å². The fraction of sp³-hybridized carbons (Fsp3) is 0.0870. The molecular formula is C23H17N3O7. The van der Waals surface area contributed by atoms with Crippen molar-refractivity contribution in [2.75, 3.05) is 11.9 Å². The number of esters is 1. The monoisotopic (exact) mass is 447 g/mol. The van der Waals surface area contributed by atoms with Gasteiger partial charge in [-0.05, 0) is 43.3 Å². The molecule has 4 rings (SSSR count). The lowest BCUT2D eigenvalue weighted by Gasteiger charge is -2.12. The Kier molecular flexibility index (Phi) is 5.98. The maximum atomic E-state index is 12.6. The maximum absolute atomic E-state index is 12.6. The molecule has 0 aliphatic carbocycles. The van der Waals surface area contributed by atoms with E-state index in [1.165, 1.54) is 54.9 Å². The van der Waals surface area contributed by atoms with Crippen molar-refractivity contribution in [3.05, 3.63) is 76.7 Å². The van der Waals surface area contributed by atoms with Gasteiger partial charge < -0.3 is 19.0 Å². The van der Waals surface area contributed by atoms with E-state index in [9.17, 15) is 19.5 Å². The number of phenolic OH excluding ortho intramolecular Hbond substituents is 1. The number of amides is 1. The molecule has 1 amide bonds. The predicted molar refractivity (Wildman–Crippen MR) is 117 cm³/mol. The maximum Gasteiger partial charge on any atom is 0.412 e. The van der Waals surface area contributed by atoms with Gasteiger partial charge in [0.15, 0.2) is 5.43 Å². The minimum absolute atomic E-state index is 0.0498. The summed E-state index contributed by atoms with van der Waals surface area (Å²) in [6.45, 7) is 1.75. The van der Waals surface area contributed by atoms with Crippen LogP contribution in [0, 0.1) is 0 Å². The lowest BCUT2D eigenvalue weighted by molar-refractivity contribution is 0.0727. The van der Waals surface area contributed by atoms with E-state index in [0.717, 1.165) is 0 Å². The zero-order valence-corrected chi connectivity index (χ0v) is 17.3. The SMILES string of the molecule is CCOC(=O)Nc1nc(OC(=O)c2cccnc2)ccc1-c1cc(=O)c2cc(O)ccc2o1. The first-order valence-electron chi connectivity index (χ1n) is 9.79. The van der Waals surface area contributed by atoms with Crippen LogP contribution in [-0.4, -0.2) is 33.7 Å². The van der Waals surface area contributed by atoms with E-state index in [-0.39, 0.29) is 51.9 Å². The summed E-state index contributed by atoms with van der Waals surface area (Å²) in [7, 11) is 0. The molecule has 0 fully saturated rings. The van der Waals surface area contributed by atoms with Crippen molar-refractivity contribution in [3.8, 4) is 23.0 Å². The van der Waals surface area contributed by atoms with Gasteiger partial charge in [-0.15, -0.1) is 0 Å². The van der Waals surface area contributed by atoms with Gasteiger partial charge >= 0.3 is 12.1 Å². The normalized spacial score (nSPS) is 10.6. The van der Waals surface area contributed by atoms with Gasteiger partial charge in [0.05, 0.1) is 23.1 Å². The first kappa shape index (κ1) is 21.5. The first-order chi connectivity index (χ1) is 15.9. The third kappa shape index (κ3) is 4.79. The summed E-state index contributed by atoms with van der Waals surface area (Å²) in [5.41, 5.74) is 0.282. The second kappa shape index (κ2) is 9.18. The van der Waals surface area contributed by atoms with Crippen LogP contribution < -0.4 is 15.5 Å². The molecule has 0 spiro atoms. The summed E-state index contributed by atoms with van der Waals surface area (Å²) < 4.78 is 16.0. The van der Waals surface area contributed by atoms with Crippen molar-refractivity contribution in [2.45, 2.75) is 6.92 Å². The largest absolute Gasteiger partial charge is 0.508 e. The van der Waals surface area contributed by atoms with Gasteiger partial charge in [0, 0.05) is 24.5 Å². The van der Waals surface area contributed by atoms with Crippen LogP contribution in [0.15, 0.2) is 70.1 Å². The molecule has 2 N–H and O–H groups in total. The summed E-state index contributed by atoms with van der Waals surface area (Å²) in [5, 5.41) is 12.3. The number of pyridine rings is 2. The van der Waals surface area contributed by atoms with Crippen molar-refractivity contribution in [2.24, 2.45) is 0 Å². The fourth-order valence-corrected chi connectivity index (χ4v) is 2.97. The molecule has 3 heterocycles. The number of hydrogen-bond donors (Lipinski definition) is 2. The number of hydrogen-bond acceptors (Lipinski definition) is 9. The van der Waals surface area contributed by atoms with Crippen LogP contribution in [0.4, 0.5) is 10.6 Å². The van der Waals surface area contributed by atoms with Crippen LogP contribution in [0.1, 0.15) is 17.3 Å². The van der Waals surface area contributed by atoms with Crippen LogP contribution in [0.2, 0.25) is 0 Å². The van der Waals surface area contributed by atoms with Gasteiger partial charge in [0.25, 0.3) is 0 Å². The highest BCUT2D eigenvalue weighted by Crippen LogP contribution is 2.31. The molecule has 0 saturated carbocycles. The number of nitrogens with zero attached hydrogens (tertiary/aromatic N) is 2. The van der Waals surface area contributed by atoms with Crippen molar-refractivity contribution in [1.82, 2.24) is 9.97 Å². The lowest BCUT2D eigenvalue weighted by Crippen LogP contribution is -2.16. The number of anilines is 1. The second-order valence-corrected chi connectivity index (χ2v) is 6.68. The zero-order chi connectivity index (χ0) is 23.4. The molecule has 0 atom stereocenters. The van der Waals surface area contributed by atoms with E-state index in [4.69, 9.17) is 13.9 Å². The number of ether oxygens (including phenoxy) is 2. The van der Waals surface area contributed by atoms with Crippen molar-refractivity contribution >= 4 is 28.8 Å². The van der Waals surface area contributed by atoms with E-state index in [2.05, 4.69) is 15.3 Å². The Hall–Kier alpha value is -4.73. The minimum atomic E-state index is -0.796. The molecule has 0 aliphatic rings. The molecular weight excluding hydrogens is 430 g/mol. The average molecular weight is 447 g/mol. The quantitative estimate of drug-likeness (QED) is 0.438. The Morgan fingerprint density at radius 2 is 2.00 bits per heavy atom. The summed E-state index contributed by atoms with van der Waals surface area (Å²) in [5.74, 6) is -0.822. The number of aromatic nitrogens is 2. The molecule has 166 valence electrons. The Morgan fingerprint density at radius 1 is 1.15 bits per heavy atom. The zero-order valence-electron chi connectivity index (χ0n) is 17.3. The van der Waals surface area contributed by atoms with Gasteiger partial charge in [-0.2, -0.15) is 4.98 Å². The number of carbonyl (C=O) groups excluding carboxylic acids is 2. The van der Waals surface area contributed by atoms with E-state index < -0.39 is 17.5 Å². The van der Waals surface area contributed by atoms with Crippen LogP contribution in [-0.2, 0) is 4.74 Å². The Morgan fingerprint density at radius 3 is 2.76 bits per heavy atom. The Balaban J connectivity index is 1.75. The molecule has 3 aromatic heterocycles. The van der Waals surface area contributed by atoms with E-state index in [1.807, 2.05) is 0 Å². The fourth-order valence-electron chi connectivity index (χ4n) is 2.97. The van der Waals surface area contributed by atoms with Crippen molar-refractivity contribution < 1.29 is 28.6 Å². The number of nitrogens with one attached hydrogen (secondary N) is 1. The summed E-state index contributed by atoms with van der Waals surface area (Å²) >= 11 is 0. The number of aromatic hydroxyl groups is 1. The van der Waals surface area contributed by atoms with Gasteiger partial charge in [-0.3, -0.25) is 15.1 Å². The standard InChI is InChI=1S/C23H17N3O7/c1-2-31-23(30)26-21-15(19-11-17(28)16-10-14(27)5-7-18(16)32-19)6-8-20(25-21)33-22(29)13-4-3-9-24-12-13/h3-12,27H,2H2,1H3,(H,25,26,30). The van der Waals surface area contributed by atoms with E-state index in [0.29, 0.717) is 0 Å². The predicted octanol–water partition coefficient (Wildman–Crippen LogP) is 3.74. The molecule has 0 unspecified atom stereocenters. The lowest BCUT2D eigenvalue weighted by atomic mass is 10.1. The van der Waals surface area contributed by atoms with Crippen LogP contribution in [0.3, 0.4) is 0 Å². The summed E-state index contributed by atoms with van der Waals surface area (Å²) in [6, 6.07) is 11.3. The second-order valence-electron chi connectivity index (χ2n) is 6.68. The average Bonchev–Trinajstić information content (AvgIpc) is 2.80. The molecule has 0 bridgehead atoms. The third-order valence-corrected chi connectivity index (χ3v) is 4.44. The van der Waals surface area contributed by atoms with Crippen LogP contribution >= 0.6 is 0 Å². The minimum Gasteiger partial charge on any atom is -0.508 e. The summed E-state index contributed by atoms with van der Waals surface area (Å²) in [4.78, 5) is 45.0. The molecule has 0 saturated heterocycles. The van der Waals surface area contributed by atoms with Crippen LogP contribution in [0.5, 0.6) is 11.6 Å². The van der Waals surface area contributed by atoms with Crippen LogP contribution in [0.25, 0.3) is 22.3 Å².